The van der Waals surface area contributed by atoms with Crippen molar-refractivity contribution in [1.29, 1.82) is 0 Å². The van der Waals surface area contributed by atoms with E-state index >= 15 is 0 Å². The Bertz CT molecular complexity index is 392. The van der Waals surface area contributed by atoms with Gasteiger partial charge in [-0.2, -0.15) is 0 Å². The molecule has 1 heterocycles. The van der Waals surface area contributed by atoms with Crippen molar-refractivity contribution < 1.29 is 9.53 Å². The van der Waals surface area contributed by atoms with Crippen molar-refractivity contribution in [3.63, 3.8) is 0 Å². The summed E-state index contributed by atoms with van der Waals surface area (Å²) in [5, 5.41) is 13.5. The Balaban J connectivity index is 2.28. The molecule has 104 valence electrons. The van der Waals surface area contributed by atoms with Crippen molar-refractivity contribution >= 4 is 11.7 Å². The number of amides is 1. The maximum Gasteiger partial charge on any atom is 0.271 e. The van der Waals surface area contributed by atoms with Crippen LogP contribution in [0, 0.1) is 0 Å². The van der Waals surface area contributed by atoms with Crippen LogP contribution in [0.25, 0.3) is 0 Å². The van der Waals surface area contributed by atoms with E-state index in [4.69, 9.17) is 4.74 Å². The molecular weight excluding hydrogens is 244 g/mol. The molecule has 6 heteroatoms. The minimum Gasteiger partial charge on any atom is -0.379 e. The number of hydrogen-bond acceptors (Lipinski definition) is 5. The van der Waals surface area contributed by atoms with Crippen LogP contribution in [0.3, 0.4) is 0 Å². The van der Waals surface area contributed by atoms with E-state index in [1.807, 2.05) is 13.0 Å². The lowest BCUT2D eigenvalue weighted by Gasteiger charge is -2.06. The summed E-state index contributed by atoms with van der Waals surface area (Å²) in [5.41, 5.74) is 0.314. The van der Waals surface area contributed by atoms with Crippen molar-refractivity contribution in [3.05, 3.63) is 30.5 Å². The van der Waals surface area contributed by atoms with E-state index in [0.717, 1.165) is 6.42 Å². The highest BCUT2D eigenvalue weighted by molar-refractivity contribution is 5.92. The van der Waals surface area contributed by atoms with E-state index in [2.05, 4.69) is 27.4 Å². The number of nitrogens with one attached hydrogen (secondary N) is 2. The fourth-order valence-corrected chi connectivity index (χ4v) is 1.32. The van der Waals surface area contributed by atoms with Crippen molar-refractivity contribution in [3.8, 4) is 0 Å². The molecule has 0 spiro atoms. The highest BCUT2D eigenvalue weighted by Gasteiger charge is 2.05. The third kappa shape index (κ3) is 5.96. The smallest absolute Gasteiger partial charge is 0.271 e. The molecule has 0 unspecified atom stereocenters. The Labute approximate surface area is 113 Å². The first kappa shape index (κ1) is 15.1. The zero-order valence-corrected chi connectivity index (χ0v) is 11.2. The maximum absolute atomic E-state index is 11.5. The lowest BCUT2D eigenvalue weighted by atomic mass is 10.3. The Morgan fingerprint density at radius 1 is 1.42 bits per heavy atom. The van der Waals surface area contributed by atoms with Crippen LogP contribution >= 0.6 is 0 Å². The average molecular weight is 264 g/mol. The SMILES string of the molecule is C=CCCOCCNc1ccc(C(=O)NCC)nn1. The van der Waals surface area contributed by atoms with Gasteiger partial charge < -0.3 is 15.4 Å². The van der Waals surface area contributed by atoms with Gasteiger partial charge in [0.15, 0.2) is 5.69 Å². The first-order valence-electron chi connectivity index (χ1n) is 6.32. The van der Waals surface area contributed by atoms with E-state index in [1.165, 1.54) is 0 Å². The normalized spacial score (nSPS) is 9.95. The predicted octanol–water partition coefficient (Wildman–Crippen LogP) is 1.23. The molecule has 1 aromatic heterocycles. The molecule has 19 heavy (non-hydrogen) atoms. The van der Waals surface area contributed by atoms with Crippen LogP contribution in [0.4, 0.5) is 5.82 Å². The average Bonchev–Trinajstić information content (AvgIpc) is 2.43. The molecule has 0 atom stereocenters. The van der Waals surface area contributed by atoms with Crippen molar-refractivity contribution in [1.82, 2.24) is 15.5 Å². The summed E-state index contributed by atoms with van der Waals surface area (Å²) in [6, 6.07) is 3.36. The molecule has 0 bridgehead atoms. The van der Waals surface area contributed by atoms with Crippen molar-refractivity contribution in [2.45, 2.75) is 13.3 Å². The van der Waals surface area contributed by atoms with Crippen LogP contribution in [0.2, 0.25) is 0 Å². The van der Waals surface area contributed by atoms with Crippen LogP contribution < -0.4 is 10.6 Å². The zero-order chi connectivity index (χ0) is 13.9. The summed E-state index contributed by atoms with van der Waals surface area (Å²) in [7, 11) is 0. The van der Waals surface area contributed by atoms with Gasteiger partial charge in [-0.05, 0) is 25.5 Å². The van der Waals surface area contributed by atoms with E-state index in [-0.39, 0.29) is 5.91 Å². The third-order valence-electron chi connectivity index (χ3n) is 2.25. The molecule has 1 rings (SSSR count). The van der Waals surface area contributed by atoms with Gasteiger partial charge in [-0.1, -0.05) is 6.08 Å². The molecule has 0 aliphatic heterocycles. The van der Waals surface area contributed by atoms with E-state index in [0.29, 0.717) is 37.8 Å². The molecule has 0 saturated carbocycles. The monoisotopic (exact) mass is 264 g/mol. The summed E-state index contributed by atoms with van der Waals surface area (Å²) >= 11 is 0. The highest BCUT2D eigenvalue weighted by Crippen LogP contribution is 2.01. The van der Waals surface area contributed by atoms with E-state index in [9.17, 15) is 4.79 Å². The quantitative estimate of drug-likeness (QED) is 0.518. The predicted molar refractivity (Wildman–Crippen MR) is 74.2 cm³/mol. The van der Waals surface area contributed by atoms with Crippen LogP contribution in [-0.4, -0.2) is 42.4 Å². The van der Waals surface area contributed by atoms with Crippen LogP contribution in [0.5, 0.6) is 0 Å². The fourth-order valence-electron chi connectivity index (χ4n) is 1.32. The molecule has 0 fully saturated rings. The van der Waals surface area contributed by atoms with Crippen molar-refractivity contribution in [2.75, 3.05) is 31.6 Å². The second-order valence-electron chi connectivity index (χ2n) is 3.78. The van der Waals surface area contributed by atoms with Crippen LogP contribution in [0.1, 0.15) is 23.8 Å². The summed E-state index contributed by atoms with van der Waals surface area (Å²) in [6.45, 7) is 7.95. The minimum atomic E-state index is -0.214. The van der Waals surface area contributed by atoms with Crippen LogP contribution in [-0.2, 0) is 4.74 Å². The first-order valence-corrected chi connectivity index (χ1v) is 6.32. The number of nitrogens with zero attached hydrogens (tertiary/aromatic N) is 2. The van der Waals surface area contributed by atoms with Gasteiger partial charge in [0.1, 0.15) is 5.82 Å². The number of hydrogen-bond donors (Lipinski definition) is 2. The molecule has 0 saturated heterocycles. The topological polar surface area (TPSA) is 76.1 Å². The lowest BCUT2D eigenvalue weighted by Crippen LogP contribution is -2.24. The summed E-state index contributed by atoms with van der Waals surface area (Å²) < 4.78 is 5.34. The fraction of sp³-hybridized carbons (Fsp3) is 0.462. The van der Waals surface area contributed by atoms with Crippen molar-refractivity contribution in [2.24, 2.45) is 0 Å². The molecule has 2 N–H and O–H groups in total. The first-order chi connectivity index (χ1) is 9.27. The zero-order valence-electron chi connectivity index (χ0n) is 11.2. The Kier molecular flexibility index (Phi) is 7.19. The molecule has 1 aromatic rings. The highest BCUT2D eigenvalue weighted by atomic mass is 16.5. The standard InChI is InChI=1S/C13H20N4O2/c1-3-5-9-19-10-8-15-12-7-6-11(16-17-12)13(18)14-4-2/h3,6-7H,1,4-5,8-10H2,2H3,(H,14,18)(H,15,17). The maximum atomic E-state index is 11.5. The second-order valence-corrected chi connectivity index (χ2v) is 3.78. The minimum absolute atomic E-state index is 0.214. The summed E-state index contributed by atoms with van der Waals surface area (Å²) in [4.78, 5) is 11.5. The number of rotatable bonds is 9. The Morgan fingerprint density at radius 2 is 2.26 bits per heavy atom. The van der Waals surface area contributed by atoms with Gasteiger partial charge in [-0.15, -0.1) is 16.8 Å². The number of carbonyl (C=O) groups excluding carboxylic acids is 1. The van der Waals surface area contributed by atoms with Gasteiger partial charge in [0.05, 0.1) is 13.2 Å². The molecule has 0 radical (unpaired) electrons. The van der Waals surface area contributed by atoms with Gasteiger partial charge in [-0.25, -0.2) is 0 Å². The van der Waals surface area contributed by atoms with Crippen LogP contribution in [0.15, 0.2) is 24.8 Å². The second kappa shape index (κ2) is 9.04. The number of aromatic nitrogens is 2. The Morgan fingerprint density at radius 3 is 2.89 bits per heavy atom. The molecule has 0 aromatic carbocycles. The van der Waals surface area contributed by atoms with Gasteiger partial charge in [0, 0.05) is 13.1 Å². The summed E-state index contributed by atoms with van der Waals surface area (Å²) in [6.07, 6.45) is 2.67. The van der Waals surface area contributed by atoms with Gasteiger partial charge in [0.25, 0.3) is 5.91 Å². The number of anilines is 1. The molecule has 1 amide bonds. The Hall–Kier alpha value is -1.95. The molecule has 0 aliphatic rings. The van der Waals surface area contributed by atoms with Gasteiger partial charge in [0.2, 0.25) is 0 Å². The summed E-state index contributed by atoms with van der Waals surface area (Å²) in [5.74, 6) is 0.412. The molecule has 6 nitrogen and oxygen atoms in total. The van der Waals surface area contributed by atoms with Gasteiger partial charge >= 0.3 is 0 Å². The number of carbonyl (C=O) groups is 1. The molecule has 0 aliphatic carbocycles. The number of ether oxygens (including phenoxy) is 1. The van der Waals surface area contributed by atoms with Gasteiger partial charge in [-0.3, -0.25) is 4.79 Å². The third-order valence-corrected chi connectivity index (χ3v) is 2.25. The lowest BCUT2D eigenvalue weighted by molar-refractivity contribution is 0.0950. The molecular formula is C13H20N4O2. The largest absolute Gasteiger partial charge is 0.379 e. The van der Waals surface area contributed by atoms with E-state index in [1.54, 1.807) is 12.1 Å². The van der Waals surface area contributed by atoms with E-state index < -0.39 is 0 Å².